The minimum absolute atomic E-state index is 0.0794. The molecule has 2 aromatic rings. The second-order valence-electron chi connectivity index (χ2n) is 3.51. The number of carbonyl (C=O) groups is 1. The zero-order chi connectivity index (χ0) is 10.8. The lowest BCUT2D eigenvalue weighted by atomic mass is 10.0. The Morgan fingerprint density at radius 2 is 2.20 bits per heavy atom. The van der Waals surface area contributed by atoms with E-state index in [1.807, 2.05) is 12.1 Å². The smallest absolute Gasteiger partial charge is 0.159 e. The number of ketones is 1. The van der Waals surface area contributed by atoms with Crippen LogP contribution in [0.3, 0.4) is 0 Å². The van der Waals surface area contributed by atoms with Gasteiger partial charge in [0.1, 0.15) is 0 Å². The van der Waals surface area contributed by atoms with Gasteiger partial charge >= 0.3 is 0 Å². The monoisotopic (exact) mass is 200 g/mol. The molecule has 0 N–H and O–H groups in total. The SMILES string of the molecule is CCc1cnnc2ccc(C(C)=O)cc12. The van der Waals surface area contributed by atoms with E-state index in [0.717, 1.165) is 28.5 Å². The number of nitrogens with zero attached hydrogens (tertiary/aromatic N) is 2. The van der Waals surface area contributed by atoms with Crippen molar-refractivity contribution >= 4 is 16.7 Å². The molecule has 0 aliphatic rings. The van der Waals surface area contributed by atoms with Crippen LogP contribution >= 0.6 is 0 Å². The van der Waals surface area contributed by atoms with Crippen molar-refractivity contribution in [2.45, 2.75) is 20.3 Å². The summed E-state index contributed by atoms with van der Waals surface area (Å²) >= 11 is 0. The number of hydrogen-bond donors (Lipinski definition) is 0. The molecule has 15 heavy (non-hydrogen) atoms. The van der Waals surface area contributed by atoms with Crippen LogP contribution in [0.5, 0.6) is 0 Å². The van der Waals surface area contributed by atoms with Gasteiger partial charge in [0, 0.05) is 10.9 Å². The quantitative estimate of drug-likeness (QED) is 0.699. The fourth-order valence-electron chi connectivity index (χ4n) is 1.61. The summed E-state index contributed by atoms with van der Waals surface area (Å²) in [7, 11) is 0. The summed E-state index contributed by atoms with van der Waals surface area (Å²) in [6.45, 7) is 3.64. The second kappa shape index (κ2) is 3.77. The standard InChI is InChI=1S/C12H12N2O/c1-3-9-7-13-14-12-5-4-10(8(2)15)6-11(9)12/h4-7H,3H2,1-2H3. The minimum Gasteiger partial charge on any atom is -0.295 e. The molecule has 0 bridgehead atoms. The Morgan fingerprint density at radius 3 is 2.87 bits per heavy atom. The Balaban J connectivity index is 2.72. The highest BCUT2D eigenvalue weighted by atomic mass is 16.1. The van der Waals surface area contributed by atoms with Crippen molar-refractivity contribution in [1.82, 2.24) is 10.2 Å². The van der Waals surface area contributed by atoms with Gasteiger partial charge in [0.25, 0.3) is 0 Å². The third-order valence-corrected chi connectivity index (χ3v) is 2.51. The predicted octanol–water partition coefficient (Wildman–Crippen LogP) is 2.39. The average molecular weight is 200 g/mol. The first kappa shape index (κ1) is 9.77. The van der Waals surface area contributed by atoms with Crippen molar-refractivity contribution in [3.63, 3.8) is 0 Å². The van der Waals surface area contributed by atoms with Crippen LogP contribution < -0.4 is 0 Å². The highest BCUT2D eigenvalue weighted by Crippen LogP contribution is 2.18. The maximum absolute atomic E-state index is 11.3. The van der Waals surface area contributed by atoms with Gasteiger partial charge in [-0.1, -0.05) is 6.92 Å². The number of rotatable bonds is 2. The van der Waals surface area contributed by atoms with E-state index in [9.17, 15) is 4.79 Å². The number of hydrogen-bond acceptors (Lipinski definition) is 3. The van der Waals surface area contributed by atoms with Crippen molar-refractivity contribution in [1.29, 1.82) is 0 Å². The third kappa shape index (κ3) is 1.73. The molecule has 1 aromatic carbocycles. The van der Waals surface area contributed by atoms with Crippen LogP contribution in [-0.2, 0) is 6.42 Å². The third-order valence-electron chi connectivity index (χ3n) is 2.51. The van der Waals surface area contributed by atoms with E-state index in [1.165, 1.54) is 0 Å². The predicted molar refractivity (Wildman–Crippen MR) is 58.9 cm³/mol. The molecule has 0 spiro atoms. The fraction of sp³-hybridized carbons (Fsp3) is 0.250. The van der Waals surface area contributed by atoms with Crippen LogP contribution in [0.4, 0.5) is 0 Å². The lowest BCUT2D eigenvalue weighted by Crippen LogP contribution is -1.95. The van der Waals surface area contributed by atoms with Crippen LogP contribution in [0, 0.1) is 0 Å². The van der Waals surface area contributed by atoms with Crippen molar-refractivity contribution < 1.29 is 4.79 Å². The Labute approximate surface area is 88.1 Å². The van der Waals surface area contributed by atoms with Gasteiger partial charge in [-0.05, 0) is 37.1 Å². The molecule has 1 aromatic heterocycles. The molecule has 0 unspecified atom stereocenters. The van der Waals surface area contributed by atoms with Gasteiger partial charge in [-0.2, -0.15) is 10.2 Å². The van der Waals surface area contributed by atoms with Gasteiger partial charge < -0.3 is 0 Å². The molecule has 0 aliphatic carbocycles. The van der Waals surface area contributed by atoms with Crippen molar-refractivity contribution in [3.8, 4) is 0 Å². The summed E-state index contributed by atoms with van der Waals surface area (Å²) < 4.78 is 0. The molecular weight excluding hydrogens is 188 g/mol. The van der Waals surface area contributed by atoms with Gasteiger partial charge in [-0.25, -0.2) is 0 Å². The summed E-state index contributed by atoms with van der Waals surface area (Å²) in [6, 6.07) is 5.53. The summed E-state index contributed by atoms with van der Waals surface area (Å²) in [5.74, 6) is 0.0794. The first-order chi connectivity index (χ1) is 7.22. The van der Waals surface area contributed by atoms with Crippen LogP contribution in [0.15, 0.2) is 24.4 Å². The molecule has 3 heteroatoms. The Morgan fingerprint density at radius 1 is 1.40 bits per heavy atom. The maximum atomic E-state index is 11.3. The number of aromatic nitrogens is 2. The average Bonchev–Trinajstić information content (AvgIpc) is 2.27. The summed E-state index contributed by atoms with van der Waals surface area (Å²) in [5.41, 5.74) is 2.70. The molecule has 0 amide bonds. The summed E-state index contributed by atoms with van der Waals surface area (Å²) in [4.78, 5) is 11.3. The number of carbonyl (C=O) groups excluding carboxylic acids is 1. The molecule has 1 heterocycles. The van der Waals surface area contributed by atoms with E-state index in [0.29, 0.717) is 0 Å². The van der Waals surface area contributed by atoms with Crippen LogP contribution in [-0.4, -0.2) is 16.0 Å². The van der Waals surface area contributed by atoms with E-state index in [4.69, 9.17) is 0 Å². The van der Waals surface area contributed by atoms with Gasteiger partial charge in [-0.3, -0.25) is 4.79 Å². The van der Waals surface area contributed by atoms with Gasteiger partial charge in [0.15, 0.2) is 5.78 Å². The Hall–Kier alpha value is -1.77. The molecule has 76 valence electrons. The zero-order valence-corrected chi connectivity index (χ0v) is 8.82. The van der Waals surface area contributed by atoms with Crippen molar-refractivity contribution in [2.75, 3.05) is 0 Å². The van der Waals surface area contributed by atoms with Crippen molar-refractivity contribution in [3.05, 3.63) is 35.5 Å². The molecule has 0 saturated carbocycles. The topological polar surface area (TPSA) is 42.9 Å². The van der Waals surface area contributed by atoms with Gasteiger partial charge in [0.05, 0.1) is 11.7 Å². The molecular formula is C12H12N2O. The van der Waals surface area contributed by atoms with E-state index in [2.05, 4.69) is 17.1 Å². The molecule has 0 saturated heterocycles. The normalized spacial score (nSPS) is 10.5. The molecule has 0 radical (unpaired) electrons. The van der Waals surface area contributed by atoms with Crippen LogP contribution in [0.2, 0.25) is 0 Å². The fourth-order valence-corrected chi connectivity index (χ4v) is 1.61. The zero-order valence-electron chi connectivity index (χ0n) is 8.82. The van der Waals surface area contributed by atoms with E-state index >= 15 is 0 Å². The lowest BCUT2D eigenvalue weighted by Gasteiger charge is -2.03. The molecule has 2 rings (SSSR count). The first-order valence-corrected chi connectivity index (χ1v) is 4.97. The van der Waals surface area contributed by atoms with E-state index in [-0.39, 0.29) is 5.78 Å². The number of benzene rings is 1. The Kier molecular flexibility index (Phi) is 2.46. The van der Waals surface area contributed by atoms with Gasteiger partial charge in [-0.15, -0.1) is 0 Å². The summed E-state index contributed by atoms with van der Waals surface area (Å²) in [6.07, 6.45) is 2.65. The highest BCUT2D eigenvalue weighted by molar-refractivity contribution is 5.98. The number of aryl methyl sites for hydroxylation is 1. The molecule has 0 atom stereocenters. The molecule has 0 fully saturated rings. The highest BCUT2D eigenvalue weighted by Gasteiger charge is 2.05. The van der Waals surface area contributed by atoms with Crippen LogP contribution in [0.1, 0.15) is 29.8 Å². The minimum atomic E-state index is 0.0794. The first-order valence-electron chi connectivity index (χ1n) is 4.97. The van der Waals surface area contributed by atoms with E-state index in [1.54, 1.807) is 19.2 Å². The maximum Gasteiger partial charge on any atom is 0.159 e. The van der Waals surface area contributed by atoms with Crippen molar-refractivity contribution in [2.24, 2.45) is 0 Å². The number of fused-ring (bicyclic) bond motifs is 1. The molecule has 3 nitrogen and oxygen atoms in total. The summed E-state index contributed by atoms with van der Waals surface area (Å²) in [5, 5.41) is 8.98. The number of Topliss-reactive ketones (excluding diaryl/α,β-unsaturated/α-hetero) is 1. The largest absolute Gasteiger partial charge is 0.295 e. The lowest BCUT2D eigenvalue weighted by molar-refractivity contribution is 0.101. The second-order valence-corrected chi connectivity index (χ2v) is 3.51. The molecule has 0 aliphatic heterocycles. The van der Waals surface area contributed by atoms with Crippen LogP contribution in [0.25, 0.3) is 10.9 Å². The van der Waals surface area contributed by atoms with Gasteiger partial charge in [0.2, 0.25) is 0 Å². The van der Waals surface area contributed by atoms with E-state index < -0.39 is 0 Å². The Bertz CT molecular complexity index is 520.